The predicted octanol–water partition coefficient (Wildman–Crippen LogP) is 4.41. The Morgan fingerprint density at radius 3 is 2.45 bits per heavy atom. The number of furan rings is 1. The van der Waals surface area contributed by atoms with Gasteiger partial charge in [0.25, 0.3) is 0 Å². The molecule has 0 radical (unpaired) electrons. The van der Waals surface area contributed by atoms with Crippen molar-refractivity contribution < 1.29 is 23.9 Å². The average molecular weight is 612 g/mol. The number of hydrogen-bond donors (Lipinski definition) is 2. The number of hydrogen-bond acceptors (Lipinski definition) is 8. The van der Waals surface area contributed by atoms with E-state index in [1.54, 1.807) is 48.5 Å². The number of aromatic nitrogens is 1. The number of nitrogens with zero attached hydrogens (tertiary/aromatic N) is 2. The van der Waals surface area contributed by atoms with Gasteiger partial charge < -0.3 is 14.8 Å². The molecule has 2 N–H and O–H groups in total. The van der Waals surface area contributed by atoms with Crippen LogP contribution < -0.4 is 15.1 Å². The molecule has 4 heterocycles. The number of rotatable bonds is 5. The van der Waals surface area contributed by atoms with E-state index in [0.717, 1.165) is 27.6 Å². The Bertz CT molecular complexity index is 1610. The number of phenols is 1. The summed E-state index contributed by atoms with van der Waals surface area (Å²) in [5.41, 5.74) is 0.929. The first-order chi connectivity index (χ1) is 18.3. The van der Waals surface area contributed by atoms with Crippen LogP contribution in [0.1, 0.15) is 16.6 Å². The summed E-state index contributed by atoms with van der Waals surface area (Å²) in [4.78, 5) is 54.7. The van der Waals surface area contributed by atoms with Gasteiger partial charge in [-0.2, -0.15) is 0 Å². The minimum atomic E-state index is -0.797. The maximum Gasteiger partial charge on any atom is 0.308 e. The first-order valence-corrected chi connectivity index (χ1v) is 14.0. The molecule has 1 saturated heterocycles. The number of carbonyl (C=O) groups is 3. The number of halogens is 1. The van der Waals surface area contributed by atoms with Crippen LogP contribution in [0.25, 0.3) is 0 Å². The van der Waals surface area contributed by atoms with Gasteiger partial charge in [-0.25, -0.2) is 4.90 Å². The van der Waals surface area contributed by atoms with Crippen LogP contribution in [0.5, 0.6) is 5.75 Å². The van der Waals surface area contributed by atoms with E-state index in [4.69, 9.17) is 4.42 Å². The lowest BCUT2D eigenvalue weighted by molar-refractivity contribution is -0.122. The maximum absolute atomic E-state index is 13.7. The van der Waals surface area contributed by atoms with Gasteiger partial charge in [0.1, 0.15) is 23.3 Å². The zero-order valence-electron chi connectivity index (χ0n) is 19.4. The number of thioether (sulfide) groups is 1. The average Bonchev–Trinajstić information content (AvgIpc) is 3.59. The molecule has 0 spiro atoms. The molecule has 9 nitrogen and oxygen atoms in total. The van der Waals surface area contributed by atoms with E-state index in [2.05, 4.69) is 21.2 Å². The first kappa shape index (κ1) is 24.7. The number of benzene rings is 2. The van der Waals surface area contributed by atoms with E-state index >= 15 is 0 Å². The molecule has 0 bridgehead atoms. The molecule has 38 heavy (non-hydrogen) atoms. The molecule has 12 heteroatoms. The van der Waals surface area contributed by atoms with Crippen LogP contribution in [0.4, 0.5) is 11.4 Å². The van der Waals surface area contributed by atoms with Crippen molar-refractivity contribution >= 4 is 68.1 Å². The van der Waals surface area contributed by atoms with Gasteiger partial charge in [-0.3, -0.25) is 23.7 Å². The first-order valence-electron chi connectivity index (χ1n) is 11.5. The standard InChI is InChI=1S/C26H18BrN3O6S2/c27-13-3-7-15(8-4-13)30-23(33)20-19(17-2-1-11-36-17)22-25(37-21(20)24(30)34)29(26(35)38-22)12-18(32)28-14-5-9-16(31)10-6-14/h1-11,19-21,31H,12H2,(H,28,32). The van der Waals surface area contributed by atoms with Gasteiger partial charge in [0.2, 0.25) is 17.7 Å². The SMILES string of the molecule is O=C(Cn1c2c(sc1=O)C(c1ccco1)C1C(=O)N(c3ccc(Br)cc3)C(=O)C1S2)Nc1ccc(O)cc1. The number of fused-ring (bicyclic) bond motifs is 2. The summed E-state index contributed by atoms with van der Waals surface area (Å²) in [6.07, 6.45) is 1.49. The maximum atomic E-state index is 13.7. The normalized spacial score (nSPS) is 20.3. The number of imide groups is 1. The second-order valence-electron chi connectivity index (χ2n) is 8.76. The Hall–Kier alpha value is -3.61. The minimum absolute atomic E-state index is 0.0639. The summed E-state index contributed by atoms with van der Waals surface area (Å²) in [6.45, 7) is -0.278. The molecular formula is C26H18BrN3O6S2. The van der Waals surface area contributed by atoms with Gasteiger partial charge >= 0.3 is 4.87 Å². The second-order valence-corrected chi connectivity index (χ2v) is 11.8. The van der Waals surface area contributed by atoms with E-state index in [1.165, 1.54) is 27.9 Å². The summed E-state index contributed by atoms with van der Waals surface area (Å²) in [6, 6.07) is 16.3. The second kappa shape index (κ2) is 9.61. The van der Waals surface area contributed by atoms with Gasteiger partial charge in [0, 0.05) is 10.2 Å². The summed E-state index contributed by atoms with van der Waals surface area (Å²) in [5.74, 6) is -2.07. The van der Waals surface area contributed by atoms with Crippen LogP contribution in [0, 0.1) is 5.92 Å². The molecule has 3 unspecified atom stereocenters. The Balaban J connectivity index is 1.38. The Kier molecular flexibility index (Phi) is 6.25. The topological polar surface area (TPSA) is 122 Å². The summed E-state index contributed by atoms with van der Waals surface area (Å²) >= 11 is 5.46. The Labute approximate surface area is 232 Å². The molecule has 2 aliphatic rings. The van der Waals surface area contributed by atoms with Crippen LogP contribution >= 0.6 is 39.0 Å². The van der Waals surface area contributed by atoms with Crippen molar-refractivity contribution in [1.82, 2.24) is 4.57 Å². The zero-order valence-corrected chi connectivity index (χ0v) is 22.6. The van der Waals surface area contributed by atoms with Gasteiger partial charge in [-0.1, -0.05) is 39.0 Å². The van der Waals surface area contributed by atoms with Crippen LogP contribution in [-0.4, -0.2) is 32.6 Å². The summed E-state index contributed by atoms with van der Waals surface area (Å²) in [5, 5.41) is 11.9. The Morgan fingerprint density at radius 1 is 1.03 bits per heavy atom. The van der Waals surface area contributed by atoms with Gasteiger partial charge in [-0.15, -0.1) is 0 Å². The van der Waals surface area contributed by atoms with Crippen molar-refractivity contribution in [3.63, 3.8) is 0 Å². The Morgan fingerprint density at radius 2 is 1.76 bits per heavy atom. The summed E-state index contributed by atoms with van der Waals surface area (Å²) in [7, 11) is 0. The van der Waals surface area contributed by atoms with Crippen molar-refractivity contribution in [2.24, 2.45) is 5.92 Å². The zero-order chi connectivity index (χ0) is 26.6. The third-order valence-electron chi connectivity index (χ3n) is 6.44. The van der Waals surface area contributed by atoms with E-state index in [9.17, 15) is 24.3 Å². The van der Waals surface area contributed by atoms with Crippen molar-refractivity contribution in [1.29, 1.82) is 0 Å². The fraction of sp³-hybridized carbons (Fsp3) is 0.154. The number of aromatic hydroxyl groups is 1. The van der Waals surface area contributed by atoms with Crippen molar-refractivity contribution in [3.8, 4) is 5.75 Å². The fourth-order valence-corrected chi connectivity index (χ4v) is 7.78. The highest BCUT2D eigenvalue weighted by atomic mass is 79.9. The third-order valence-corrected chi connectivity index (χ3v) is 9.57. The number of thiazole rings is 1. The largest absolute Gasteiger partial charge is 0.508 e. The van der Waals surface area contributed by atoms with E-state index in [-0.39, 0.29) is 29.0 Å². The predicted molar refractivity (Wildman–Crippen MR) is 146 cm³/mol. The van der Waals surface area contributed by atoms with Crippen molar-refractivity contribution in [2.75, 3.05) is 10.2 Å². The molecule has 0 aliphatic carbocycles. The molecule has 3 atom stereocenters. The molecule has 4 aromatic rings. The van der Waals surface area contributed by atoms with Crippen LogP contribution in [0.2, 0.25) is 0 Å². The van der Waals surface area contributed by atoms with Gasteiger partial charge in [0.05, 0.1) is 33.7 Å². The number of anilines is 2. The van der Waals surface area contributed by atoms with Crippen LogP contribution in [-0.2, 0) is 20.9 Å². The molecule has 192 valence electrons. The molecule has 6 rings (SSSR count). The lowest BCUT2D eigenvalue weighted by atomic mass is 9.87. The molecule has 1 fully saturated rings. The van der Waals surface area contributed by atoms with E-state index in [0.29, 0.717) is 27.0 Å². The molecule has 2 aliphatic heterocycles. The smallest absolute Gasteiger partial charge is 0.308 e. The quantitative estimate of drug-likeness (QED) is 0.253. The highest BCUT2D eigenvalue weighted by molar-refractivity contribution is 9.10. The van der Waals surface area contributed by atoms with Crippen molar-refractivity contribution in [2.45, 2.75) is 22.7 Å². The molecule has 2 aromatic carbocycles. The molecular weight excluding hydrogens is 594 g/mol. The minimum Gasteiger partial charge on any atom is -0.508 e. The van der Waals surface area contributed by atoms with Crippen molar-refractivity contribution in [3.05, 3.63) is 91.7 Å². The van der Waals surface area contributed by atoms with Crippen LogP contribution in [0.3, 0.4) is 0 Å². The highest BCUT2D eigenvalue weighted by Gasteiger charge is 2.57. The molecule has 0 saturated carbocycles. The highest BCUT2D eigenvalue weighted by Crippen LogP contribution is 2.53. The van der Waals surface area contributed by atoms with Crippen LogP contribution in [0.15, 0.2) is 85.6 Å². The number of amides is 3. The number of phenolic OH excluding ortho intramolecular Hbond substituents is 1. The van der Waals surface area contributed by atoms with Gasteiger partial charge in [-0.05, 0) is 60.7 Å². The lowest BCUT2D eigenvalue weighted by Crippen LogP contribution is -2.32. The molecule has 2 aromatic heterocycles. The number of nitrogens with one attached hydrogen (secondary N) is 1. The summed E-state index contributed by atoms with van der Waals surface area (Å²) < 4.78 is 7.85. The van der Waals surface area contributed by atoms with E-state index in [1.807, 2.05) is 0 Å². The third kappa shape index (κ3) is 4.18. The van der Waals surface area contributed by atoms with E-state index < -0.39 is 23.0 Å². The van der Waals surface area contributed by atoms with Gasteiger partial charge in [0.15, 0.2) is 0 Å². The number of carbonyl (C=O) groups excluding carboxylic acids is 3. The lowest BCUT2D eigenvalue weighted by Gasteiger charge is -2.29. The fourth-order valence-electron chi connectivity index (χ4n) is 4.76. The monoisotopic (exact) mass is 611 g/mol. The molecule has 3 amide bonds.